The molecule has 2 atom stereocenters. The highest BCUT2D eigenvalue weighted by Gasteiger charge is 2.24. The van der Waals surface area contributed by atoms with Crippen LogP contribution in [0.4, 0.5) is 0 Å². The van der Waals surface area contributed by atoms with Crippen molar-refractivity contribution < 1.29 is 37.6 Å². The van der Waals surface area contributed by atoms with Crippen LogP contribution < -0.4 is 0 Å². The number of phosphoric acid groups is 1. The standard InChI is InChI=1S/C38H63O8P/c1-4-6-8-10-12-14-16-18-19-21-23-25-27-29-31-33-38(40)46-36(35-45-47(41,42)43-3)34-44-37(39)32-30-28-26-24-22-20-17-15-13-11-9-7-5-2/h6,8,12,14-15,17-19,23,25,29,31,36H,4-5,7,9-11,13,16,20-22,24,26-28,30,32-35H2,1-3H3,(H,41,42)/b8-6-,14-12-,17-15-,19-18-,25-23-,31-29-. The monoisotopic (exact) mass is 678 g/mol. The zero-order chi connectivity index (χ0) is 34.7. The molecule has 0 aromatic carbocycles. The Morgan fingerprint density at radius 2 is 1.15 bits per heavy atom. The average molecular weight is 679 g/mol. The minimum absolute atomic E-state index is 0.00772. The van der Waals surface area contributed by atoms with E-state index in [0.717, 1.165) is 64.9 Å². The number of rotatable bonds is 31. The van der Waals surface area contributed by atoms with E-state index in [4.69, 9.17) is 14.0 Å². The third-order valence-corrected chi connectivity index (χ3v) is 7.90. The Kier molecular flexibility index (Phi) is 31.6. The normalized spacial score (nSPS) is 14.4. The fourth-order valence-electron chi connectivity index (χ4n) is 4.26. The zero-order valence-corrected chi connectivity index (χ0v) is 30.3. The first-order valence-electron chi connectivity index (χ1n) is 17.6. The molecular formula is C38H63O8P. The van der Waals surface area contributed by atoms with Crippen LogP contribution in [-0.4, -0.2) is 43.3 Å². The summed E-state index contributed by atoms with van der Waals surface area (Å²) in [5, 5.41) is 0. The van der Waals surface area contributed by atoms with Crippen LogP contribution in [0.25, 0.3) is 0 Å². The first kappa shape index (κ1) is 44.5. The summed E-state index contributed by atoms with van der Waals surface area (Å²) < 4.78 is 31.7. The number of ether oxygens (including phenoxy) is 2. The molecule has 0 fully saturated rings. The lowest BCUT2D eigenvalue weighted by Crippen LogP contribution is -2.29. The van der Waals surface area contributed by atoms with Gasteiger partial charge in [0.05, 0.1) is 13.0 Å². The molecular weight excluding hydrogens is 615 g/mol. The Morgan fingerprint density at radius 1 is 0.638 bits per heavy atom. The van der Waals surface area contributed by atoms with E-state index in [1.54, 1.807) is 6.08 Å². The van der Waals surface area contributed by atoms with Crippen LogP contribution in [0.15, 0.2) is 72.9 Å². The summed E-state index contributed by atoms with van der Waals surface area (Å²) in [6.07, 6.45) is 41.2. The van der Waals surface area contributed by atoms with Crippen molar-refractivity contribution in [2.45, 2.75) is 136 Å². The number of allylic oxidation sites excluding steroid dienone is 11. The van der Waals surface area contributed by atoms with Gasteiger partial charge in [-0.2, -0.15) is 0 Å². The van der Waals surface area contributed by atoms with Crippen LogP contribution >= 0.6 is 7.82 Å². The topological polar surface area (TPSA) is 108 Å². The summed E-state index contributed by atoms with van der Waals surface area (Å²) in [6, 6.07) is 0. The second-order valence-electron chi connectivity index (χ2n) is 11.3. The molecule has 0 heterocycles. The van der Waals surface area contributed by atoms with Crippen molar-refractivity contribution in [2.24, 2.45) is 0 Å². The Morgan fingerprint density at radius 3 is 1.70 bits per heavy atom. The highest BCUT2D eigenvalue weighted by atomic mass is 31.2. The molecule has 1 N–H and O–H groups in total. The van der Waals surface area contributed by atoms with Gasteiger partial charge < -0.3 is 14.4 Å². The van der Waals surface area contributed by atoms with E-state index < -0.39 is 32.5 Å². The molecule has 0 aliphatic carbocycles. The predicted molar refractivity (Wildman–Crippen MR) is 193 cm³/mol. The van der Waals surface area contributed by atoms with Crippen LogP contribution in [0.1, 0.15) is 129 Å². The highest BCUT2D eigenvalue weighted by Crippen LogP contribution is 2.42. The molecule has 268 valence electrons. The van der Waals surface area contributed by atoms with Gasteiger partial charge in [-0.1, -0.05) is 125 Å². The molecule has 2 unspecified atom stereocenters. The lowest BCUT2D eigenvalue weighted by atomic mass is 10.1. The van der Waals surface area contributed by atoms with E-state index in [9.17, 15) is 19.0 Å². The van der Waals surface area contributed by atoms with Crippen molar-refractivity contribution in [3.63, 3.8) is 0 Å². The van der Waals surface area contributed by atoms with Crippen LogP contribution in [0.2, 0.25) is 0 Å². The molecule has 0 spiro atoms. The van der Waals surface area contributed by atoms with Gasteiger partial charge in [-0.25, -0.2) is 4.57 Å². The second kappa shape index (κ2) is 33.4. The zero-order valence-electron chi connectivity index (χ0n) is 29.4. The van der Waals surface area contributed by atoms with Gasteiger partial charge in [-0.15, -0.1) is 0 Å². The number of esters is 2. The molecule has 0 aliphatic rings. The second-order valence-corrected chi connectivity index (χ2v) is 12.8. The third-order valence-electron chi connectivity index (χ3n) is 6.97. The van der Waals surface area contributed by atoms with E-state index in [1.165, 1.54) is 32.1 Å². The van der Waals surface area contributed by atoms with E-state index in [2.05, 4.69) is 73.1 Å². The van der Waals surface area contributed by atoms with Crippen molar-refractivity contribution in [1.29, 1.82) is 0 Å². The Bertz CT molecular complexity index is 996. The number of phosphoric ester groups is 1. The predicted octanol–water partition coefficient (Wildman–Crippen LogP) is 10.6. The quantitative estimate of drug-likeness (QED) is 0.0334. The van der Waals surface area contributed by atoms with Gasteiger partial charge in [-0.05, 0) is 64.2 Å². The Balaban J connectivity index is 4.28. The molecule has 0 aromatic heterocycles. The summed E-state index contributed by atoms with van der Waals surface area (Å²) in [5.41, 5.74) is 0. The van der Waals surface area contributed by atoms with Crippen LogP contribution in [0, 0.1) is 0 Å². The molecule has 0 aliphatic heterocycles. The maximum atomic E-state index is 12.4. The maximum Gasteiger partial charge on any atom is 0.472 e. The summed E-state index contributed by atoms with van der Waals surface area (Å²) in [7, 11) is -3.25. The summed E-state index contributed by atoms with van der Waals surface area (Å²) in [6.45, 7) is 3.63. The van der Waals surface area contributed by atoms with E-state index in [-0.39, 0.29) is 19.4 Å². The SMILES string of the molecule is CC/C=C\C/C=C\C/C=C\C/C=C\C/C=C\CC(=O)OC(COC(=O)CCCCCCC/C=C\CCCCCC)COP(=O)(O)OC. The van der Waals surface area contributed by atoms with Gasteiger partial charge in [0.15, 0.2) is 6.10 Å². The van der Waals surface area contributed by atoms with Crippen molar-refractivity contribution >= 4 is 19.8 Å². The molecule has 0 radical (unpaired) electrons. The molecule has 9 heteroatoms. The third kappa shape index (κ3) is 33.2. The van der Waals surface area contributed by atoms with E-state index in [0.29, 0.717) is 12.8 Å². The molecule has 0 aromatic rings. The summed E-state index contributed by atoms with van der Waals surface area (Å²) in [5.74, 6) is -0.971. The fraction of sp³-hybridized carbons (Fsp3) is 0.632. The van der Waals surface area contributed by atoms with Gasteiger partial charge in [0.2, 0.25) is 0 Å². The first-order valence-corrected chi connectivity index (χ1v) is 19.1. The van der Waals surface area contributed by atoms with Gasteiger partial charge in [0, 0.05) is 13.5 Å². The number of hydrogen-bond acceptors (Lipinski definition) is 7. The Hall–Kier alpha value is -2.51. The summed E-state index contributed by atoms with van der Waals surface area (Å²) in [4.78, 5) is 34.2. The molecule has 47 heavy (non-hydrogen) atoms. The fourth-order valence-corrected chi connectivity index (χ4v) is 4.72. The van der Waals surface area contributed by atoms with Crippen LogP contribution in [0.3, 0.4) is 0 Å². The Labute approximate surface area is 285 Å². The number of unbranched alkanes of at least 4 members (excludes halogenated alkanes) is 9. The lowest BCUT2D eigenvalue weighted by molar-refractivity contribution is -0.160. The van der Waals surface area contributed by atoms with Crippen LogP contribution in [-0.2, 0) is 32.7 Å². The van der Waals surface area contributed by atoms with Gasteiger partial charge in [0.1, 0.15) is 6.61 Å². The summed E-state index contributed by atoms with van der Waals surface area (Å²) >= 11 is 0. The minimum Gasteiger partial charge on any atom is -0.462 e. The van der Waals surface area contributed by atoms with Gasteiger partial charge >= 0.3 is 19.8 Å². The van der Waals surface area contributed by atoms with Crippen molar-refractivity contribution in [3.8, 4) is 0 Å². The van der Waals surface area contributed by atoms with Crippen molar-refractivity contribution in [2.75, 3.05) is 20.3 Å². The van der Waals surface area contributed by atoms with Gasteiger partial charge in [0.25, 0.3) is 0 Å². The maximum absolute atomic E-state index is 12.4. The molecule has 0 saturated heterocycles. The lowest BCUT2D eigenvalue weighted by Gasteiger charge is -2.19. The minimum atomic E-state index is -4.28. The number of carbonyl (C=O) groups is 2. The molecule has 0 saturated carbocycles. The number of carbonyl (C=O) groups excluding carboxylic acids is 2. The van der Waals surface area contributed by atoms with E-state index >= 15 is 0 Å². The average Bonchev–Trinajstić information content (AvgIpc) is 3.06. The molecule has 0 amide bonds. The van der Waals surface area contributed by atoms with Gasteiger partial charge in [-0.3, -0.25) is 18.6 Å². The van der Waals surface area contributed by atoms with E-state index in [1.807, 2.05) is 12.2 Å². The van der Waals surface area contributed by atoms with Crippen molar-refractivity contribution in [1.82, 2.24) is 0 Å². The molecule has 0 rings (SSSR count). The number of hydrogen-bond donors (Lipinski definition) is 1. The van der Waals surface area contributed by atoms with Crippen LogP contribution in [0.5, 0.6) is 0 Å². The first-order chi connectivity index (χ1) is 22.8. The van der Waals surface area contributed by atoms with Crippen molar-refractivity contribution in [3.05, 3.63) is 72.9 Å². The largest absolute Gasteiger partial charge is 0.472 e. The smallest absolute Gasteiger partial charge is 0.462 e. The molecule has 0 bridgehead atoms. The highest BCUT2D eigenvalue weighted by molar-refractivity contribution is 7.47. The molecule has 8 nitrogen and oxygen atoms in total.